The Kier molecular flexibility index (Phi) is 11.8. The molecular formula is C37H40F2N6O11S. The average molecular weight is 815 g/mol. The Morgan fingerprint density at radius 3 is 2.42 bits per heavy atom. The summed E-state index contributed by atoms with van der Waals surface area (Å²) in [6, 6.07) is 0.744. The highest BCUT2D eigenvalue weighted by atomic mass is 32.2. The number of esters is 3. The first-order valence-corrected chi connectivity index (χ1v) is 19.2. The summed E-state index contributed by atoms with van der Waals surface area (Å²) in [5.41, 5.74) is -2.68. The highest BCUT2D eigenvalue weighted by Crippen LogP contribution is 2.42. The van der Waals surface area contributed by atoms with E-state index in [4.69, 9.17) is 24.2 Å². The minimum atomic E-state index is -1.05. The molecule has 1 aliphatic carbocycles. The van der Waals surface area contributed by atoms with E-state index in [-0.39, 0.29) is 65.6 Å². The van der Waals surface area contributed by atoms with Crippen LogP contribution < -0.4 is 21.0 Å². The lowest BCUT2D eigenvalue weighted by Crippen LogP contribution is -2.70. The summed E-state index contributed by atoms with van der Waals surface area (Å²) < 4.78 is 54.0. The van der Waals surface area contributed by atoms with Crippen LogP contribution in [0.3, 0.4) is 0 Å². The van der Waals surface area contributed by atoms with Crippen LogP contribution in [0.25, 0.3) is 10.9 Å². The van der Waals surface area contributed by atoms with Gasteiger partial charge in [0.05, 0.1) is 35.0 Å². The number of hydrogen-bond donors (Lipinski definition) is 2. The highest BCUT2D eigenvalue weighted by molar-refractivity contribution is 8.00. The van der Waals surface area contributed by atoms with Crippen LogP contribution in [-0.4, -0.2) is 102 Å². The maximum absolute atomic E-state index is 16.3. The van der Waals surface area contributed by atoms with Gasteiger partial charge in [-0.2, -0.15) is 5.26 Å². The van der Waals surface area contributed by atoms with E-state index in [2.05, 4.69) is 10.6 Å². The summed E-state index contributed by atoms with van der Waals surface area (Å²) in [6.45, 7) is 5.24. The molecule has 17 nitrogen and oxygen atoms in total. The maximum atomic E-state index is 16.3. The van der Waals surface area contributed by atoms with Gasteiger partial charge in [0, 0.05) is 36.7 Å². The fourth-order valence-corrected chi connectivity index (χ4v) is 7.99. The quantitative estimate of drug-likeness (QED) is 0.136. The zero-order valence-electron chi connectivity index (χ0n) is 31.5. The van der Waals surface area contributed by atoms with Crippen molar-refractivity contribution in [1.29, 1.82) is 5.26 Å². The Balaban J connectivity index is 1.15. The second-order valence-electron chi connectivity index (χ2n) is 14.8. The Morgan fingerprint density at radius 2 is 1.75 bits per heavy atom. The van der Waals surface area contributed by atoms with Crippen molar-refractivity contribution in [2.45, 2.75) is 76.9 Å². The number of aromatic nitrogens is 1. The van der Waals surface area contributed by atoms with Crippen molar-refractivity contribution in [3.63, 3.8) is 0 Å². The van der Waals surface area contributed by atoms with Crippen LogP contribution in [0, 0.1) is 28.4 Å². The molecule has 6 rings (SSSR count). The summed E-state index contributed by atoms with van der Waals surface area (Å²) in [5, 5.41) is 12.9. The van der Waals surface area contributed by atoms with Crippen molar-refractivity contribution in [2.24, 2.45) is 5.41 Å². The Morgan fingerprint density at radius 1 is 1.02 bits per heavy atom. The lowest BCUT2D eigenvalue weighted by molar-refractivity contribution is -0.173. The number of halogens is 2. The average Bonchev–Trinajstić information content (AvgIpc) is 3.91. The van der Waals surface area contributed by atoms with E-state index in [1.807, 2.05) is 0 Å². The molecule has 3 atom stereocenters. The van der Waals surface area contributed by atoms with Crippen molar-refractivity contribution in [2.75, 3.05) is 43.7 Å². The molecule has 4 heterocycles. The van der Waals surface area contributed by atoms with E-state index in [0.29, 0.717) is 12.8 Å². The number of carbonyl (C=O) groups excluding carboxylic acids is 6. The van der Waals surface area contributed by atoms with Gasteiger partial charge in [-0.1, -0.05) is 0 Å². The molecule has 20 heteroatoms. The number of thioether (sulfide) groups is 1. The molecule has 1 saturated carbocycles. The largest absolute Gasteiger partial charge is 0.462 e. The fraction of sp³-hybridized carbons (Fsp3) is 0.514. The second-order valence-corrected chi connectivity index (χ2v) is 15.9. The van der Waals surface area contributed by atoms with Crippen LogP contribution in [0.4, 0.5) is 19.3 Å². The molecule has 1 aromatic carbocycles. The number of ether oxygens (including phenoxy) is 4. The molecule has 3 fully saturated rings. The molecule has 1 aromatic heterocycles. The SMILES string of the molecule is CCOC(=O)c1cn(C2CC2)c2c(F)c(N3CC[C@H](NC(=O)OCC4=C(C(=O)OCOC(=O)C(C)(C)C)N5C(=O)[C@@H](NC(=O)CC#N)[C@H]5SC4)C3)c(F)cc2c1=O. The third kappa shape index (κ3) is 8.38. The molecule has 2 N–H and O–H groups in total. The monoisotopic (exact) mass is 814 g/mol. The summed E-state index contributed by atoms with van der Waals surface area (Å²) >= 11 is 1.17. The molecule has 57 heavy (non-hydrogen) atoms. The summed E-state index contributed by atoms with van der Waals surface area (Å²) in [4.78, 5) is 91.9. The van der Waals surface area contributed by atoms with E-state index < -0.39 is 101 Å². The number of anilines is 1. The van der Waals surface area contributed by atoms with E-state index >= 15 is 8.78 Å². The van der Waals surface area contributed by atoms with Gasteiger partial charge in [-0.25, -0.2) is 23.2 Å². The van der Waals surface area contributed by atoms with Crippen molar-refractivity contribution in [3.05, 3.63) is 51.0 Å². The van der Waals surface area contributed by atoms with E-state index in [9.17, 15) is 33.6 Å². The molecule has 304 valence electrons. The molecule has 2 aromatic rings. The Bertz CT molecular complexity index is 2180. The van der Waals surface area contributed by atoms with Crippen LogP contribution >= 0.6 is 11.8 Å². The molecule has 0 radical (unpaired) electrons. The third-order valence-corrected chi connectivity index (χ3v) is 11.0. The molecule has 0 spiro atoms. The first-order chi connectivity index (χ1) is 27.0. The number of alkyl carbamates (subject to hydrolysis) is 1. The van der Waals surface area contributed by atoms with Crippen LogP contribution in [0.15, 0.2) is 28.3 Å². The number of β-lactam (4-membered cyclic amide) rings is 1. The molecule has 3 aliphatic heterocycles. The van der Waals surface area contributed by atoms with Gasteiger partial charge in [-0.05, 0) is 53.0 Å². The lowest BCUT2D eigenvalue weighted by atomic mass is 9.98. The van der Waals surface area contributed by atoms with Crippen molar-refractivity contribution in [3.8, 4) is 6.07 Å². The first kappa shape index (κ1) is 40.9. The van der Waals surface area contributed by atoms with Gasteiger partial charge >= 0.3 is 24.0 Å². The van der Waals surface area contributed by atoms with E-state index in [0.717, 1.165) is 11.0 Å². The number of rotatable bonds is 12. The van der Waals surface area contributed by atoms with E-state index in [1.165, 1.54) is 27.4 Å². The number of hydrogen-bond acceptors (Lipinski definition) is 14. The van der Waals surface area contributed by atoms with Crippen LogP contribution in [0.2, 0.25) is 0 Å². The fourth-order valence-electron chi connectivity index (χ4n) is 6.66. The zero-order chi connectivity index (χ0) is 41.3. The number of carbonyl (C=O) groups is 6. The molecule has 0 unspecified atom stereocenters. The Hall–Kier alpha value is -5.71. The van der Waals surface area contributed by atoms with Gasteiger partial charge in [0.15, 0.2) is 5.82 Å². The Labute approximate surface area is 328 Å². The second kappa shape index (κ2) is 16.4. The van der Waals surface area contributed by atoms with Gasteiger partial charge in [-0.3, -0.25) is 24.1 Å². The first-order valence-electron chi connectivity index (χ1n) is 18.1. The predicted molar refractivity (Wildman–Crippen MR) is 196 cm³/mol. The van der Waals surface area contributed by atoms with Crippen LogP contribution in [-0.2, 0) is 38.1 Å². The lowest BCUT2D eigenvalue weighted by Gasteiger charge is -2.49. The number of nitrogens with zero attached hydrogens (tertiary/aromatic N) is 4. The third-order valence-electron chi connectivity index (χ3n) is 9.61. The number of amides is 3. The number of benzene rings is 1. The molecule has 4 aliphatic rings. The van der Waals surface area contributed by atoms with Gasteiger partial charge in [-0.15, -0.1) is 11.8 Å². The minimum absolute atomic E-state index is 0.0116. The van der Waals surface area contributed by atoms with Gasteiger partial charge in [0.25, 0.3) is 5.91 Å². The standard InChI is InChI=1S/C37H40F2N6O11S/c1-5-53-33(49)22-14-44(20-6-7-20)28-21(30(22)47)12-23(38)29(25(28)39)43-11-9-19(13-43)41-36(52)54-15-18-16-57-32-26(42-24(46)8-10-40)31(48)45(32)27(18)34(50)55-17-56-35(51)37(2,3)4/h12,14,19-20,26,32H,5-9,11,13,15-17H2,1-4H3,(H,41,52)(H,42,46)/t19-,26+,32+/m0/s1. The summed E-state index contributed by atoms with van der Waals surface area (Å²) in [6.07, 6.45) is 1.45. The van der Waals surface area contributed by atoms with Crippen molar-refractivity contribution >= 4 is 64.2 Å². The maximum Gasteiger partial charge on any atom is 0.407 e. The molecule has 3 amide bonds. The molecule has 2 saturated heterocycles. The summed E-state index contributed by atoms with van der Waals surface area (Å²) in [5.74, 6) is -5.88. The smallest absolute Gasteiger partial charge is 0.407 e. The molecule has 0 bridgehead atoms. The van der Waals surface area contributed by atoms with Gasteiger partial charge < -0.3 is 39.0 Å². The van der Waals surface area contributed by atoms with Crippen molar-refractivity contribution in [1.82, 2.24) is 20.1 Å². The minimum Gasteiger partial charge on any atom is -0.462 e. The van der Waals surface area contributed by atoms with Gasteiger partial charge in [0.2, 0.25) is 18.1 Å². The highest BCUT2D eigenvalue weighted by Gasteiger charge is 2.54. The van der Waals surface area contributed by atoms with Gasteiger partial charge in [0.1, 0.15) is 47.2 Å². The van der Waals surface area contributed by atoms with E-state index in [1.54, 1.807) is 33.8 Å². The number of nitriles is 1. The number of fused-ring (bicyclic) bond motifs is 2. The number of pyridine rings is 1. The normalized spacial score (nSPS) is 20.3. The topological polar surface area (TPSA) is 216 Å². The predicted octanol–water partition coefficient (Wildman–Crippen LogP) is 2.75. The molecular weight excluding hydrogens is 775 g/mol. The summed E-state index contributed by atoms with van der Waals surface area (Å²) in [7, 11) is 0. The van der Waals surface area contributed by atoms with Crippen LogP contribution in [0.5, 0.6) is 0 Å². The number of nitrogens with one attached hydrogen (secondary N) is 2. The van der Waals surface area contributed by atoms with Crippen LogP contribution in [0.1, 0.15) is 69.8 Å². The van der Waals surface area contributed by atoms with Crippen molar-refractivity contribution < 1.29 is 56.5 Å². The zero-order valence-corrected chi connectivity index (χ0v) is 32.3.